The smallest absolute Gasteiger partial charge is 0.183 e. The summed E-state index contributed by atoms with van der Waals surface area (Å²) in [5.74, 6) is 0.214. The van der Waals surface area contributed by atoms with Crippen LogP contribution < -0.4 is 5.32 Å². The molecule has 0 aliphatic rings. The summed E-state index contributed by atoms with van der Waals surface area (Å²) in [5, 5.41) is 13.6. The molecule has 16 heavy (non-hydrogen) atoms. The predicted octanol–water partition coefficient (Wildman–Crippen LogP) is 2.47. The molecular weight excluding hydrogens is 222 g/mol. The zero-order valence-corrected chi connectivity index (χ0v) is 10.0. The Morgan fingerprint density at radius 2 is 2.19 bits per heavy atom. The number of aromatic hydroxyl groups is 1. The van der Waals surface area contributed by atoms with Gasteiger partial charge in [0.15, 0.2) is 5.13 Å². The van der Waals surface area contributed by atoms with Gasteiger partial charge in [-0.25, -0.2) is 4.98 Å². The summed E-state index contributed by atoms with van der Waals surface area (Å²) < 4.78 is 0. The number of pyridine rings is 1. The van der Waals surface area contributed by atoms with Crippen LogP contribution in [0, 0.1) is 13.8 Å². The van der Waals surface area contributed by atoms with Gasteiger partial charge < -0.3 is 10.4 Å². The molecule has 0 aromatic carbocycles. The van der Waals surface area contributed by atoms with Gasteiger partial charge in [0.05, 0.1) is 6.54 Å². The van der Waals surface area contributed by atoms with E-state index in [-0.39, 0.29) is 5.75 Å². The third-order valence-electron chi connectivity index (χ3n) is 2.12. The molecule has 2 rings (SSSR count). The van der Waals surface area contributed by atoms with Crippen molar-refractivity contribution in [1.82, 2.24) is 9.97 Å². The second-order valence-electron chi connectivity index (χ2n) is 3.55. The van der Waals surface area contributed by atoms with Crippen molar-refractivity contribution >= 4 is 16.5 Å². The number of thiazole rings is 1. The van der Waals surface area contributed by atoms with Crippen LogP contribution in [0.15, 0.2) is 18.3 Å². The number of hydrogen-bond donors (Lipinski definition) is 2. The normalized spacial score (nSPS) is 10.4. The molecule has 0 atom stereocenters. The standard InChI is InChI=1S/C11H13N3OS/c1-7-3-4-10(15)9(14-7)6-13-11-12-5-8(2)16-11/h3-5,15H,6H2,1-2H3,(H,12,13). The van der Waals surface area contributed by atoms with Crippen LogP contribution in [0.2, 0.25) is 0 Å². The molecule has 5 heteroatoms. The molecule has 2 aromatic rings. The first-order chi connectivity index (χ1) is 7.65. The lowest BCUT2D eigenvalue weighted by molar-refractivity contribution is 0.464. The Morgan fingerprint density at radius 1 is 1.38 bits per heavy atom. The largest absolute Gasteiger partial charge is 0.506 e. The summed E-state index contributed by atoms with van der Waals surface area (Å²) in [7, 11) is 0. The van der Waals surface area contributed by atoms with E-state index in [0.717, 1.165) is 15.7 Å². The Kier molecular flexibility index (Phi) is 3.05. The number of aromatic nitrogens is 2. The number of aryl methyl sites for hydroxylation is 2. The van der Waals surface area contributed by atoms with Gasteiger partial charge in [0.2, 0.25) is 0 Å². The van der Waals surface area contributed by atoms with Gasteiger partial charge in [0.25, 0.3) is 0 Å². The molecule has 84 valence electrons. The first-order valence-corrected chi connectivity index (χ1v) is 5.78. The fraction of sp³-hybridized carbons (Fsp3) is 0.273. The van der Waals surface area contributed by atoms with Gasteiger partial charge in [0, 0.05) is 16.8 Å². The van der Waals surface area contributed by atoms with Crippen molar-refractivity contribution in [2.75, 3.05) is 5.32 Å². The summed E-state index contributed by atoms with van der Waals surface area (Å²) in [6, 6.07) is 3.44. The average Bonchev–Trinajstić information content (AvgIpc) is 2.66. The highest BCUT2D eigenvalue weighted by Crippen LogP contribution is 2.20. The Morgan fingerprint density at radius 3 is 2.88 bits per heavy atom. The van der Waals surface area contributed by atoms with Crippen molar-refractivity contribution in [3.8, 4) is 5.75 Å². The molecule has 0 amide bonds. The van der Waals surface area contributed by atoms with E-state index in [1.807, 2.05) is 20.0 Å². The van der Waals surface area contributed by atoms with Crippen molar-refractivity contribution in [2.45, 2.75) is 20.4 Å². The lowest BCUT2D eigenvalue weighted by atomic mass is 10.3. The molecule has 2 heterocycles. The van der Waals surface area contributed by atoms with E-state index in [0.29, 0.717) is 12.2 Å². The molecule has 2 N–H and O–H groups in total. The van der Waals surface area contributed by atoms with Gasteiger partial charge in [-0.05, 0) is 26.0 Å². The molecule has 0 saturated carbocycles. The van der Waals surface area contributed by atoms with Gasteiger partial charge in [-0.2, -0.15) is 0 Å². The molecular formula is C11H13N3OS. The molecule has 2 aromatic heterocycles. The maximum absolute atomic E-state index is 9.60. The number of nitrogens with zero attached hydrogens (tertiary/aromatic N) is 2. The van der Waals surface area contributed by atoms with Gasteiger partial charge in [-0.15, -0.1) is 11.3 Å². The van der Waals surface area contributed by atoms with Gasteiger partial charge in [0.1, 0.15) is 11.4 Å². The zero-order chi connectivity index (χ0) is 11.5. The van der Waals surface area contributed by atoms with Gasteiger partial charge in [-0.1, -0.05) is 0 Å². The highest BCUT2D eigenvalue weighted by molar-refractivity contribution is 7.15. The third kappa shape index (κ3) is 2.49. The fourth-order valence-corrected chi connectivity index (χ4v) is 1.99. The number of hydrogen-bond acceptors (Lipinski definition) is 5. The van der Waals surface area contributed by atoms with Crippen LogP contribution in [0.3, 0.4) is 0 Å². The van der Waals surface area contributed by atoms with E-state index in [9.17, 15) is 5.11 Å². The van der Waals surface area contributed by atoms with Crippen LogP contribution in [-0.2, 0) is 6.54 Å². The molecule has 0 unspecified atom stereocenters. The first-order valence-electron chi connectivity index (χ1n) is 4.97. The van der Waals surface area contributed by atoms with Crippen LogP contribution in [0.4, 0.5) is 5.13 Å². The maximum atomic E-state index is 9.60. The van der Waals surface area contributed by atoms with Crippen molar-refractivity contribution in [3.63, 3.8) is 0 Å². The number of nitrogens with one attached hydrogen (secondary N) is 1. The fourth-order valence-electron chi connectivity index (χ4n) is 1.33. The van der Waals surface area contributed by atoms with E-state index in [1.165, 1.54) is 0 Å². The van der Waals surface area contributed by atoms with Crippen LogP contribution in [0.1, 0.15) is 16.3 Å². The summed E-state index contributed by atoms with van der Waals surface area (Å²) in [5.41, 5.74) is 1.54. The minimum Gasteiger partial charge on any atom is -0.506 e. The Bertz CT molecular complexity index is 496. The molecule has 0 aliphatic heterocycles. The summed E-state index contributed by atoms with van der Waals surface area (Å²) in [6.45, 7) is 4.39. The molecule has 0 radical (unpaired) electrons. The summed E-state index contributed by atoms with van der Waals surface area (Å²) >= 11 is 1.59. The van der Waals surface area contributed by atoms with Crippen molar-refractivity contribution in [3.05, 3.63) is 34.6 Å². The highest BCUT2D eigenvalue weighted by atomic mass is 32.1. The lowest BCUT2D eigenvalue weighted by Gasteiger charge is -2.05. The minimum atomic E-state index is 0.214. The molecule has 0 saturated heterocycles. The Hall–Kier alpha value is -1.62. The maximum Gasteiger partial charge on any atom is 0.183 e. The highest BCUT2D eigenvalue weighted by Gasteiger charge is 2.04. The second kappa shape index (κ2) is 4.49. The quantitative estimate of drug-likeness (QED) is 0.858. The lowest BCUT2D eigenvalue weighted by Crippen LogP contribution is -2.02. The first kappa shape index (κ1) is 10.9. The van der Waals surface area contributed by atoms with Crippen LogP contribution in [-0.4, -0.2) is 15.1 Å². The minimum absolute atomic E-state index is 0.214. The molecule has 4 nitrogen and oxygen atoms in total. The SMILES string of the molecule is Cc1ccc(O)c(CNc2ncc(C)s2)n1. The van der Waals surface area contributed by atoms with Crippen LogP contribution >= 0.6 is 11.3 Å². The monoisotopic (exact) mass is 235 g/mol. The van der Waals surface area contributed by atoms with Crippen molar-refractivity contribution in [2.24, 2.45) is 0 Å². The van der Waals surface area contributed by atoms with E-state index in [2.05, 4.69) is 15.3 Å². The Balaban J connectivity index is 2.07. The van der Waals surface area contributed by atoms with E-state index in [4.69, 9.17) is 0 Å². The molecule has 0 spiro atoms. The second-order valence-corrected chi connectivity index (χ2v) is 4.78. The van der Waals surface area contributed by atoms with Gasteiger partial charge >= 0.3 is 0 Å². The number of anilines is 1. The third-order valence-corrected chi connectivity index (χ3v) is 2.99. The van der Waals surface area contributed by atoms with E-state index in [1.54, 1.807) is 23.5 Å². The summed E-state index contributed by atoms with van der Waals surface area (Å²) in [6.07, 6.45) is 1.82. The van der Waals surface area contributed by atoms with Crippen LogP contribution in [0.25, 0.3) is 0 Å². The zero-order valence-electron chi connectivity index (χ0n) is 9.19. The molecule has 0 aliphatic carbocycles. The molecule has 0 bridgehead atoms. The summed E-state index contributed by atoms with van der Waals surface area (Å²) in [4.78, 5) is 9.60. The topological polar surface area (TPSA) is 58.0 Å². The van der Waals surface area contributed by atoms with Crippen LogP contribution in [0.5, 0.6) is 5.75 Å². The van der Waals surface area contributed by atoms with E-state index >= 15 is 0 Å². The predicted molar refractivity (Wildman–Crippen MR) is 64.8 cm³/mol. The number of rotatable bonds is 3. The average molecular weight is 235 g/mol. The van der Waals surface area contributed by atoms with Crippen molar-refractivity contribution < 1.29 is 5.11 Å². The van der Waals surface area contributed by atoms with Gasteiger partial charge in [-0.3, -0.25) is 4.98 Å². The Labute approximate surface area is 98.0 Å². The van der Waals surface area contributed by atoms with Crippen molar-refractivity contribution in [1.29, 1.82) is 0 Å². The van der Waals surface area contributed by atoms with E-state index < -0.39 is 0 Å². The molecule has 0 fully saturated rings.